The smallest absolute Gasteiger partial charge is 0.354 e. The van der Waals surface area contributed by atoms with Crippen LogP contribution in [0.1, 0.15) is 43.1 Å². The lowest BCUT2D eigenvalue weighted by Crippen LogP contribution is -2.34. The van der Waals surface area contributed by atoms with Crippen LogP contribution < -0.4 is 10.6 Å². The highest BCUT2D eigenvalue weighted by Gasteiger charge is 2.24. The molecule has 98 valence electrons. The molecule has 0 bridgehead atoms. The van der Waals surface area contributed by atoms with Gasteiger partial charge in [-0.15, -0.1) is 0 Å². The van der Waals surface area contributed by atoms with Gasteiger partial charge in [0.1, 0.15) is 0 Å². The van der Waals surface area contributed by atoms with Crippen LogP contribution in [-0.4, -0.2) is 28.6 Å². The third-order valence-electron chi connectivity index (χ3n) is 3.50. The first kappa shape index (κ1) is 12.7. The maximum Gasteiger partial charge on any atom is 0.354 e. The van der Waals surface area contributed by atoms with E-state index < -0.39 is 5.97 Å². The molecule has 0 saturated heterocycles. The van der Waals surface area contributed by atoms with Crippen LogP contribution >= 0.6 is 0 Å². The number of carboxylic acids is 1. The Balaban J connectivity index is 2.34. The second kappa shape index (κ2) is 5.25. The molecule has 0 amide bonds. The van der Waals surface area contributed by atoms with E-state index in [2.05, 4.69) is 9.88 Å². The van der Waals surface area contributed by atoms with Crippen molar-refractivity contribution in [1.29, 1.82) is 0 Å². The highest BCUT2D eigenvalue weighted by molar-refractivity contribution is 5.87. The Kier molecular flexibility index (Phi) is 3.69. The van der Waals surface area contributed by atoms with E-state index in [1.165, 1.54) is 18.9 Å². The summed E-state index contributed by atoms with van der Waals surface area (Å²) in [6.07, 6.45) is 4.71. The number of carbonyl (C=O) groups is 1. The average Bonchev–Trinajstić information content (AvgIpc) is 2.86. The molecule has 1 heterocycles. The van der Waals surface area contributed by atoms with Crippen molar-refractivity contribution in [2.45, 2.75) is 38.6 Å². The SMILES string of the molecule is CCN(c1nc(C(=O)O)ccc1N)C1CCCC1. The summed E-state index contributed by atoms with van der Waals surface area (Å²) in [6.45, 7) is 2.85. The fourth-order valence-electron chi connectivity index (χ4n) is 2.61. The topological polar surface area (TPSA) is 79.5 Å². The number of nitrogens with two attached hydrogens (primary N) is 1. The van der Waals surface area contributed by atoms with Crippen LogP contribution in [0.2, 0.25) is 0 Å². The Morgan fingerprint density at radius 1 is 1.50 bits per heavy atom. The molecule has 0 aromatic carbocycles. The van der Waals surface area contributed by atoms with Gasteiger partial charge in [0.05, 0.1) is 5.69 Å². The molecule has 5 nitrogen and oxygen atoms in total. The average molecular weight is 249 g/mol. The van der Waals surface area contributed by atoms with E-state index in [-0.39, 0.29) is 5.69 Å². The number of nitrogen functional groups attached to an aromatic ring is 1. The van der Waals surface area contributed by atoms with Crippen molar-refractivity contribution >= 4 is 17.5 Å². The van der Waals surface area contributed by atoms with E-state index in [0.717, 1.165) is 19.4 Å². The van der Waals surface area contributed by atoms with Crippen molar-refractivity contribution in [3.8, 4) is 0 Å². The number of nitrogens with zero attached hydrogens (tertiary/aromatic N) is 2. The molecule has 1 aromatic heterocycles. The minimum atomic E-state index is -1.02. The number of rotatable bonds is 4. The zero-order valence-electron chi connectivity index (χ0n) is 10.6. The molecule has 1 aliphatic carbocycles. The van der Waals surface area contributed by atoms with Gasteiger partial charge in [0, 0.05) is 12.6 Å². The number of aromatic carboxylic acids is 1. The number of anilines is 2. The Morgan fingerprint density at radius 3 is 2.72 bits per heavy atom. The Hall–Kier alpha value is -1.78. The molecular formula is C13H19N3O2. The summed E-state index contributed by atoms with van der Waals surface area (Å²) in [6, 6.07) is 3.52. The van der Waals surface area contributed by atoms with E-state index in [9.17, 15) is 4.79 Å². The first-order valence-corrected chi connectivity index (χ1v) is 6.40. The lowest BCUT2D eigenvalue weighted by atomic mass is 10.2. The van der Waals surface area contributed by atoms with Gasteiger partial charge in [-0.25, -0.2) is 9.78 Å². The fourth-order valence-corrected chi connectivity index (χ4v) is 2.61. The highest BCUT2D eigenvalue weighted by atomic mass is 16.4. The molecule has 18 heavy (non-hydrogen) atoms. The second-order valence-electron chi connectivity index (χ2n) is 4.64. The van der Waals surface area contributed by atoms with Crippen LogP contribution in [0.25, 0.3) is 0 Å². The summed E-state index contributed by atoms with van der Waals surface area (Å²) in [7, 11) is 0. The Morgan fingerprint density at radius 2 is 2.17 bits per heavy atom. The van der Waals surface area contributed by atoms with Crippen molar-refractivity contribution in [3.63, 3.8) is 0 Å². The van der Waals surface area contributed by atoms with Crippen LogP contribution in [0.4, 0.5) is 11.5 Å². The van der Waals surface area contributed by atoms with Gasteiger partial charge in [0.2, 0.25) is 0 Å². The summed E-state index contributed by atoms with van der Waals surface area (Å²) < 4.78 is 0. The maximum absolute atomic E-state index is 11.0. The van der Waals surface area contributed by atoms with Crippen molar-refractivity contribution in [2.75, 3.05) is 17.2 Å². The van der Waals surface area contributed by atoms with Gasteiger partial charge in [-0.2, -0.15) is 0 Å². The molecule has 1 aromatic rings. The zero-order chi connectivity index (χ0) is 13.1. The Labute approximate surface area is 107 Å². The predicted octanol–water partition coefficient (Wildman–Crippen LogP) is 2.13. The molecule has 1 saturated carbocycles. The van der Waals surface area contributed by atoms with Gasteiger partial charge >= 0.3 is 5.97 Å². The summed E-state index contributed by atoms with van der Waals surface area (Å²) in [5, 5.41) is 9.00. The molecule has 5 heteroatoms. The first-order valence-electron chi connectivity index (χ1n) is 6.40. The predicted molar refractivity (Wildman–Crippen MR) is 70.9 cm³/mol. The van der Waals surface area contributed by atoms with Crippen molar-refractivity contribution < 1.29 is 9.90 Å². The molecular weight excluding hydrogens is 230 g/mol. The van der Waals surface area contributed by atoms with Gasteiger partial charge in [-0.3, -0.25) is 0 Å². The van der Waals surface area contributed by atoms with Crippen LogP contribution in [-0.2, 0) is 0 Å². The van der Waals surface area contributed by atoms with Gasteiger partial charge in [0.15, 0.2) is 11.5 Å². The molecule has 0 unspecified atom stereocenters. The number of carboxylic acid groups (broad SMARTS) is 1. The summed E-state index contributed by atoms with van der Waals surface area (Å²) >= 11 is 0. The molecule has 3 N–H and O–H groups in total. The third kappa shape index (κ3) is 2.39. The zero-order valence-corrected chi connectivity index (χ0v) is 10.6. The summed E-state index contributed by atoms with van der Waals surface area (Å²) in [4.78, 5) is 17.3. The Bertz CT molecular complexity index is 442. The van der Waals surface area contributed by atoms with Gasteiger partial charge in [-0.05, 0) is 31.9 Å². The van der Waals surface area contributed by atoms with Gasteiger partial charge in [0.25, 0.3) is 0 Å². The molecule has 0 spiro atoms. The lowest BCUT2D eigenvalue weighted by Gasteiger charge is -2.29. The van der Waals surface area contributed by atoms with Crippen molar-refractivity contribution in [1.82, 2.24) is 4.98 Å². The van der Waals surface area contributed by atoms with Crippen LogP contribution in [0.15, 0.2) is 12.1 Å². The van der Waals surface area contributed by atoms with Crippen LogP contribution in [0.5, 0.6) is 0 Å². The van der Waals surface area contributed by atoms with Crippen LogP contribution in [0.3, 0.4) is 0 Å². The number of aromatic nitrogens is 1. The van der Waals surface area contributed by atoms with E-state index in [1.54, 1.807) is 6.07 Å². The standard InChI is InChI=1S/C13H19N3O2/c1-2-16(9-5-3-4-6-9)12-10(14)7-8-11(15-12)13(17)18/h7-9H,2-6,14H2,1H3,(H,17,18). The van der Waals surface area contributed by atoms with Crippen molar-refractivity contribution in [2.24, 2.45) is 0 Å². The minimum absolute atomic E-state index is 0.0515. The summed E-state index contributed by atoms with van der Waals surface area (Å²) in [5.41, 5.74) is 6.54. The normalized spacial score (nSPS) is 15.8. The van der Waals surface area contributed by atoms with E-state index >= 15 is 0 Å². The fraction of sp³-hybridized carbons (Fsp3) is 0.538. The number of pyridine rings is 1. The molecule has 1 aliphatic rings. The summed E-state index contributed by atoms with van der Waals surface area (Å²) in [5.74, 6) is -0.400. The quantitative estimate of drug-likeness (QED) is 0.854. The monoisotopic (exact) mass is 249 g/mol. The van der Waals surface area contributed by atoms with E-state index in [1.807, 2.05) is 6.92 Å². The van der Waals surface area contributed by atoms with Gasteiger partial charge in [-0.1, -0.05) is 12.8 Å². The molecule has 1 fully saturated rings. The number of hydrogen-bond donors (Lipinski definition) is 2. The number of hydrogen-bond acceptors (Lipinski definition) is 4. The van der Waals surface area contributed by atoms with E-state index in [4.69, 9.17) is 10.8 Å². The van der Waals surface area contributed by atoms with E-state index in [0.29, 0.717) is 17.5 Å². The molecule has 0 atom stereocenters. The third-order valence-corrected chi connectivity index (χ3v) is 3.50. The first-order chi connectivity index (χ1) is 8.63. The molecule has 0 radical (unpaired) electrons. The lowest BCUT2D eigenvalue weighted by molar-refractivity contribution is 0.0690. The highest BCUT2D eigenvalue weighted by Crippen LogP contribution is 2.30. The minimum Gasteiger partial charge on any atom is -0.477 e. The molecule has 2 rings (SSSR count). The van der Waals surface area contributed by atoms with Crippen LogP contribution in [0, 0.1) is 0 Å². The van der Waals surface area contributed by atoms with Crippen molar-refractivity contribution in [3.05, 3.63) is 17.8 Å². The molecule has 0 aliphatic heterocycles. The maximum atomic E-state index is 11.0. The van der Waals surface area contributed by atoms with Gasteiger partial charge < -0.3 is 15.7 Å². The second-order valence-corrected chi connectivity index (χ2v) is 4.64. The largest absolute Gasteiger partial charge is 0.477 e.